The van der Waals surface area contributed by atoms with E-state index in [1.165, 1.54) is 11.3 Å². The fraction of sp³-hybridized carbons (Fsp3) is 0. The van der Waals surface area contributed by atoms with Crippen molar-refractivity contribution in [2.75, 3.05) is 0 Å². The second kappa shape index (κ2) is 5.29. The molecule has 0 atom stereocenters. The van der Waals surface area contributed by atoms with Gasteiger partial charge in [0.05, 0.1) is 7.57 Å². The van der Waals surface area contributed by atoms with Gasteiger partial charge in [0.25, 0.3) is 0 Å². The Balaban J connectivity index is 2.47. The first kappa shape index (κ1) is 12.7. The molecule has 5 heteroatoms. The Morgan fingerprint density at radius 2 is 1.88 bits per heavy atom. The predicted molar refractivity (Wildman–Crippen MR) is 82.3 cm³/mol. The second-order valence-corrected chi connectivity index (χ2v) is 7.96. The van der Waals surface area contributed by atoms with E-state index >= 15 is 0 Å². The Kier molecular flexibility index (Phi) is 4.21. The van der Waals surface area contributed by atoms with Crippen LogP contribution in [0.4, 0.5) is 0 Å². The molecule has 0 radical (unpaired) electrons. The van der Waals surface area contributed by atoms with Crippen molar-refractivity contribution in [2.24, 2.45) is 0 Å². The van der Waals surface area contributed by atoms with Crippen molar-refractivity contribution in [3.8, 4) is 0 Å². The van der Waals surface area contributed by atoms with Crippen LogP contribution < -0.4 is 0 Å². The quantitative estimate of drug-likeness (QED) is 0.439. The van der Waals surface area contributed by atoms with Crippen molar-refractivity contribution in [2.45, 2.75) is 0 Å². The molecular formula is C11H5Br2IOS. The largest absolute Gasteiger partial charge is 0.288 e. The van der Waals surface area contributed by atoms with E-state index in [4.69, 9.17) is 0 Å². The molecule has 0 aliphatic carbocycles. The molecule has 0 spiro atoms. The highest BCUT2D eigenvalue weighted by Crippen LogP contribution is 2.33. The Morgan fingerprint density at radius 3 is 2.44 bits per heavy atom. The lowest BCUT2D eigenvalue weighted by Crippen LogP contribution is -2.02. The van der Waals surface area contributed by atoms with Crippen LogP contribution in [0.3, 0.4) is 0 Å². The fourth-order valence-electron chi connectivity index (χ4n) is 1.29. The number of ketones is 1. The average molecular weight is 472 g/mol. The van der Waals surface area contributed by atoms with Gasteiger partial charge < -0.3 is 0 Å². The van der Waals surface area contributed by atoms with Crippen LogP contribution in [0.25, 0.3) is 0 Å². The molecule has 0 aliphatic rings. The Hall–Kier alpha value is 0.280. The third-order valence-electron chi connectivity index (χ3n) is 2.02. The van der Waals surface area contributed by atoms with E-state index in [2.05, 4.69) is 54.5 Å². The lowest BCUT2D eigenvalue weighted by atomic mass is 10.1. The first-order chi connectivity index (χ1) is 7.59. The first-order valence-electron chi connectivity index (χ1n) is 4.33. The SMILES string of the molecule is O=C(c1ccccc1I)c1cc(Br)sc1Br. The van der Waals surface area contributed by atoms with Gasteiger partial charge in [0.2, 0.25) is 0 Å². The standard InChI is InChI=1S/C11H5Br2IOS/c12-9-5-7(11(13)16-9)10(15)6-3-1-2-4-8(6)14/h1-5H. The van der Waals surface area contributed by atoms with E-state index in [0.717, 1.165) is 16.7 Å². The topological polar surface area (TPSA) is 17.1 Å². The highest BCUT2D eigenvalue weighted by molar-refractivity contribution is 14.1. The van der Waals surface area contributed by atoms with Gasteiger partial charge in [-0.25, -0.2) is 0 Å². The van der Waals surface area contributed by atoms with E-state index in [-0.39, 0.29) is 5.78 Å². The fourth-order valence-corrected chi connectivity index (χ4v) is 4.71. The maximum absolute atomic E-state index is 12.3. The summed E-state index contributed by atoms with van der Waals surface area (Å²) in [6.07, 6.45) is 0. The molecule has 2 aromatic rings. The summed E-state index contributed by atoms with van der Waals surface area (Å²) >= 11 is 10.5. The lowest BCUT2D eigenvalue weighted by Gasteiger charge is -2.01. The molecule has 0 aliphatic heterocycles. The minimum atomic E-state index is 0.0545. The smallest absolute Gasteiger partial charge is 0.196 e. The summed E-state index contributed by atoms with van der Waals surface area (Å²) in [6.45, 7) is 0. The molecule has 16 heavy (non-hydrogen) atoms. The monoisotopic (exact) mass is 470 g/mol. The van der Waals surface area contributed by atoms with Gasteiger partial charge in [-0.3, -0.25) is 4.79 Å². The highest BCUT2D eigenvalue weighted by atomic mass is 127. The molecule has 1 heterocycles. The molecule has 0 fully saturated rings. The van der Waals surface area contributed by atoms with Crippen LogP contribution in [0.5, 0.6) is 0 Å². The van der Waals surface area contributed by atoms with Gasteiger partial charge in [-0.05, 0) is 72.6 Å². The van der Waals surface area contributed by atoms with Crippen molar-refractivity contribution in [1.82, 2.24) is 0 Å². The molecule has 1 nitrogen and oxygen atoms in total. The lowest BCUT2D eigenvalue weighted by molar-refractivity contribution is 0.103. The molecule has 0 saturated carbocycles. The van der Waals surface area contributed by atoms with Crippen LogP contribution in [0, 0.1) is 3.57 Å². The summed E-state index contributed by atoms with van der Waals surface area (Å²) < 4.78 is 2.79. The van der Waals surface area contributed by atoms with Crippen molar-refractivity contribution >= 4 is 71.6 Å². The van der Waals surface area contributed by atoms with E-state index in [9.17, 15) is 4.79 Å². The van der Waals surface area contributed by atoms with Gasteiger partial charge in [-0.2, -0.15) is 0 Å². The maximum Gasteiger partial charge on any atom is 0.196 e. The molecule has 0 saturated heterocycles. The summed E-state index contributed by atoms with van der Waals surface area (Å²) in [5.74, 6) is 0.0545. The molecule has 1 aromatic heterocycles. The zero-order chi connectivity index (χ0) is 11.7. The van der Waals surface area contributed by atoms with Crippen molar-refractivity contribution in [3.63, 3.8) is 0 Å². The number of hydrogen-bond donors (Lipinski definition) is 0. The molecule has 1 aromatic carbocycles. The predicted octanol–water partition coefficient (Wildman–Crippen LogP) is 5.11. The summed E-state index contributed by atoms with van der Waals surface area (Å²) in [6, 6.07) is 9.44. The Bertz CT molecular complexity index is 551. The van der Waals surface area contributed by atoms with Crippen LogP contribution in [0.1, 0.15) is 15.9 Å². The Morgan fingerprint density at radius 1 is 1.19 bits per heavy atom. The number of carbonyl (C=O) groups is 1. The van der Waals surface area contributed by atoms with Crippen LogP contribution in [-0.2, 0) is 0 Å². The van der Waals surface area contributed by atoms with E-state index in [1.807, 2.05) is 30.3 Å². The van der Waals surface area contributed by atoms with Crippen LogP contribution in [0.2, 0.25) is 0 Å². The van der Waals surface area contributed by atoms with Gasteiger partial charge in [-0.15, -0.1) is 11.3 Å². The molecule has 82 valence electrons. The summed E-state index contributed by atoms with van der Waals surface area (Å²) in [4.78, 5) is 12.3. The van der Waals surface area contributed by atoms with Crippen molar-refractivity contribution in [3.05, 3.63) is 52.6 Å². The number of benzene rings is 1. The molecule has 0 bridgehead atoms. The van der Waals surface area contributed by atoms with Gasteiger partial charge in [-0.1, -0.05) is 12.1 Å². The van der Waals surface area contributed by atoms with Gasteiger partial charge in [0.1, 0.15) is 0 Å². The normalized spacial score (nSPS) is 10.4. The third kappa shape index (κ3) is 2.57. The molecule has 0 amide bonds. The molecule has 0 unspecified atom stereocenters. The number of carbonyl (C=O) groups excluding carboxylic acids is 1. The van der Waals surface area contributed by atoms with E-state index in [1.54, 1.807) is 0 Å². The minimum Gasteiger partial charge on any atom is -0.288 e. The zero-order valence-corrected chi connectivity index (χ0v) is 14.0. The Labute approximate surface area is 128 Å². The average Bonchev–Trinajstić information content (AvgIpc) is 2.58. The van der Waals surface area contributed by atoms with Crippen LogP contribution in [0.15, 0.2) is 37.9 Å². The van der Waals surface area contributed by atoms with Crippen molar-refractivity contribution in [1.29, 1.82) is 0 Å². The minimum absolute atomic E-state index is 0.0545. The third-order valence-corrected chi connectivity index (χ3v) is 5.30. The van der Waals surface area contributed by atoms with Gasteiger partial charge in [0.15, 0.2) is 5.78 Å². The zero-order valence-electron chi connectivity index (χ0n) is 7.84. The van der Waals surface area contributed by atoms with E-state index in [0.29, 0.717) is 5.56 Å². The summed E-state index contributed by atoms with van der Waals surface area (Å²) in [5, 5.41) is 0. The second-order valence-electron chi connectivity index (χ2n) is 3.05. The number of halogens is 3. The van der Waals surface area contributed by atoms with Crippen LogP contribution >= 0.6 is 65.8 Å². The summed E-state index contributed by atoms with van der Waals surface area (Å²) in [5.41, 5.74) is 1.45. The number of rotatable bonds is 2. The molecular weight excluding hydrogens is 467 g/mol. The highest BCUT2D eigenvalue weighted by Gasteiger charge is 2.17. The molecule has 0 N–H and O–H groups in total. The van der Waals surface area contributed by atoms with Gasteiger partial charge in [0, 0.05) is 14.7 Å². The van der Waals surface area contributed by atoms with Crippen LogP contribution in [-0.4, -0.2) is 5.78 Å². The van der Waals surface area contributed by atoms with Crippen molar-refractivity contribution < 1.29 is 4.79 Å². The number of thiophene rings is 1. The maximum atomic E-state index is 12.3. The number of hydrogen-bond acceptors (Lipinski definition) is 2. The van der Waals surface area contributed by atoms with Gasteiger partial charge >= 0.3 is 0 Å². The van der Waals surface area contributed by atoms with E-state index < -0.39 is 0 Å². The molecule has 2 rings (SSSR count). The first-order valence-corrected chi connectivity index (χ1v) is 7.82. The summed E-state index contributed by atoms with van der Waals surface area (Å²) in [7, 11) is 0.